The van der Waals surface area contributed by atoms with Crippen LogP contribution in [-0.2, 0) is 30.9 Å². The molecular formula is C23H27N3O6S. The maximum atomic E-state index is 13.1. The zero-order valence-corrected chi connectivity index (χ0v) is 19.2. The molecule has 2 aromatic carbocycles. The topological polar surface area (TPSA) is 105 Å². The minimum absolute atomic E-state index is 0.0535. The van der Waals surface area contributed by atoms with Gasteiger partial charge in [-0.15, -0.1) is 0 Å². The van der Waals surface area contributed by atoms with E-state index >= 15 is 0 Å². The molecule has 0 aromatic heterocycles. The molecule has 0 aliphatic carbocycles. The molecule has 2 fully saturated rings. The third kappa shape index (κ3) is 4.87. The molecule has 0 radical (unpaired) electrons. The number of anilines is 1. The first-order valence-corrected chi connectivity index (χ1v) is 12.2. The van der Waals surface area contributed by atoms with Crippen LogP contribution in [0.4, 0.5) is 5.69 Å². The number of nitrogens with zero attached hydrogens (tertiary/aromatic N) is 2. The summed E-state index contributed by atoms with van der Waals surface area (Å²) in [6, 6.07) is 13.8. The first kappa shape index (κ1) is 23.2. The van der Waals surface area contributed by atoms with Crippen molar-refractivity contribution in [2.75, 3.05) is 44.9 Å². The Balaban J connectivity index is 1.44. The van der Waals surface area contributed by atoms with Crippen LogP contribution >= 0.6 is 0 Å². The number of hydrogen-bond donors (Lipinski definition) is 1. The van der Waals surface area contributed by atoms with E-state index in [1.807, 2.05) is 12.1 Å². The van der Waals surface area contributed by atoms with Crippen molar-refractivity contribution >= 4 is 27.5 Å². The summed E-state index contributed by atoms with van der Waals surface area (Å²) in [5, 5.41) is 2.82. The van der Waals surface area contributed by atoms with E-state index in [9.17, 15) is 18.0 Å². The maximum absolute atomic E-state index is 13.1. The number of amides is 2. The molecule has 0 spiro atoms. The molecule has 10 heteroatoms. The molecule has 2 amide bonds. The summed E-state index contributed by atoms with van der Waals surface area (Å²) in [4.78, 5) is 27.2. The fraction of sp³-hybridized carbons (Fsp3) is 0.391. The lowest BCUT2D eigenvalue weighted by molar-refractivity contribution is -0.126. The minimum Gasteiger partial charge on any atom is -0.495 e. The zero-order chi connectivity index (χ0) is 23.4. The highest BCUT2D eigenvalue weighted by atomic mass is 32.2. The number of ether oxygens (including phenoxy) is 2. The molecule has 1 atom stereocenters. The number of hydrogen-bond acceptors (Lipinski definition) is 6. The molecule has 176 valence electrons. The van der Waals surface area contributed by atoms with Gasteiger partial charge in [0.2, 0.25) is 21.8 Å². The monoisotopic (exact) mass is 473 g/mol. The largest absolute Gasteiger partial charge is 0.495 e. The van der Waals surface area contributed by atoms with Crippen LogP contribution in [0.15, 0.2) is 53.4 Å². The van der Waals surface area contributed by atoms with E-state index in [-0.39, 0.29) is 36.2 Å². The van der Waals surface area contributed by atoms with Gasteiger partial charge in [0, 0.05) is 32.6 Å². The third-order valence-corrected chi connectivity index (χ3v) is 7.88. The number of nitrogens with one attached hydrogen (secondary N) is 1. The average Bonchev–Trinajstić information content (AvgIpc) is 3.24. The smallest absolute Gasteiger partial charge is 0.243 e. The quantitative estimate of drug-likeness (QED) is 0.652. The highest BCUT2D eigenvalue weighted by molar-refractivity contribution is 7.89. The molecule has 0 saturated carbocycles. The number of morpholine rings is 1. The van der Waals surface area contributed by atoms with Gasteiger partial charge in [-0.2, -0.15) is 4.31 Å². The lowest BCUT2D eigenvalue weighted by atomic mass is 10.1. The van der Waals surface area contributed by atoms with Crippen molar-refractivity contribution in [2.24, 2.45) is 5.92 Å². The van der Waals surface area contributed by atoms with Crippen molar-refractivity contribution < 1.29 is 27.5 Å². The van der Waals surface area contributed by atoms with Gasteiger partial charge in [-0.25, -0.2) is 8.42 Å². The van der Waals surface area contributed by atoms with E-state index < -0.39 is 15.9 Å². The standard InChI is InChI=1S/C23H27N3O6S/c1-31-20-8-4-3-7-19(20)26-16-18(14-22(26)27)23(28)24-15-17-6-2-5-9-21(17)33(29,30)25-10-12-32-13-11-25/h2-9,18H,10-16H2,1H3,(H,24,28)/t18-/m1/s1. The number of carbonyl (C=O) groups excluding carboxylic acids is 2. The highest BCUT2D eigenvalue weighted by Crippen LogP contribution is 2.33. The summed E-state index contributed by atoms with van der Waals surface area (Å²) in [5.41, 5.74) is 1.13. The molecule has 4 rings (SSSR count). The fourth-order valence-electron chi connectivity index (χ4n) is 4.12. The van der Waals surface area contributed by atoms with Gasteiger partial charge in [0.05, 0.1) is 36.8 Å². The van der Waals surface area contributed by atoms with Crippen molar-refractivity contribution in [3.05, 3.63) is 54.1 Å². The summed E-state index contributed by atoms with van der Waals surface area (Å²) in [6.45, 7) is 1.60. The first-order valence-electron chi connectivity index (χ1n) is 10.8. The Morgan fingerprint density at radius 1 is 1.12 bits per heavy atom. The molecule has 33 heavy (non-hydrogen) atoms. The number of methoxy groups -OCH3 is 1. The Bertz CT molecular complexity index is 1130. The van der Waals surface area contributed by atoms with Gasteiger partial charge < -0.3 is 19.7 Å². The van der Waals surface area contributed by atoms with Gasteiger partial charge in [0.1, 0.15) is 5.75 Å². The molecule has 2 saturated heterocycles. The zero-order valence-electron chi connectivity index (χ0n) is 18.4. The second kappa shape index (κ2) is 9.90. The normalized spacial score (nSPS) is 19.5. The van der Waals surface area contributed by atoms with E-state index in [1.54, 1.807) is 41.3 Å². The summed E-state index contributed by atoms with van der Waals surface area (Å²) >= 11 is 0. The van der Waals surface area contributed by atoms with Gasteiger partial charge in [-0.05, 0) is 23.8 Å². The molecule has 2 aromatic rings. The van der Waals surface area contributed by atoms with Crippen LogP contribution in [0.2, 0.25) is 0 Å². The van der Waals surface area contributed by atoms with Crippen LogP contribution in [0.5, 0.6) is 5.75 Å². The van der Waals surface area contributed by atoms with Gasteiger partial charge in [0.15, 0.2) is 0 Å². The van der Waals surface area contributed by atoms with Crippen LogP contribution in [-0.4, -0.2) is 64.5 Å². The predicted molar refractivity (Wildman–Crippen MR) is 121 cm³/mol. The van der Waals surface area contributed by atoms with Crippen molar-refractivity contribution in [3.63, 3.8) is 0 Å². The average molecular weight is 474 g/mol. The Labute approximate surface area is 193 Å². The maximum Gasteiger partial charge on any atom is 0.243 e. The van der Waals surface area contributed by atoms with Crippen LogP contribution in [0.1, 0.15) is 12.0 Å². The van der Waals surface area contributed by atoms with Crippen molar-refractivity contribution in [3.8, 4) is 5.75 Å². The molecule has 2 aliphatic rings. The second-order valence-electron chi connectivity index (χ2n) is 7.92. The summed E-state index contributed by atoms with van der Waals surface area (Å²) < 4.78 is 38.2. The van der Waals surface area contributed by atoms with E-state index in [1.165, 1.54) is 11.4 Å². The number of sulfonamides is 1. The van der Waals surface area contributed by atoms with Gasteiger partial charge in [-0.1, -0.05) is 30.3 Å². The number of benzene rings is 2. The Morgan fingerprint density at radius 2 is 1.82 bits per heavy atom. The van der Waals surface area contributed by atoms with Crippen LogP contribution in [0.3, 0.4) is 0 Å². The third-order valence-electron chi connectivity index (χ3n) is 5.89. The Hall–Kier alpha value is -2.95. The van der Waals surface area contributed by atoms with Gasteiger partial charge >= 0.3 is 0 Å². The van der Waals surface area contributed by atoms with E-state index in [2.05, 4.69) is 5.32 Å². The van der Waals surface area contributed by atoms with Crippen LogP contribution < -0.4 is 15.0 Å². The van der Waals surface area contributed by atoms with E-state index in [4.69, 9.17) is 9.47 Å². The SMILES string of the molecule is COc1ccccc1N1C[C@H](C(=O)NCc2ccccc2S(=O)(=O)N2CCOCC2)CC1=O. The van der Waals surface area contributed by atoms with Crippen molar-refractivity contribution in [2.45, 2.75) is 17.9 Å². The summed E-state index contributed by atoms with van der Waals surface area (Å²) in [6.07, 6.45) is 0.0810. The van der Waals surface area contributed by atoms with E-state index in [0.717, 1.165) is 0 Å². The molecule has 0 bridgehead atoms. The van der Waals surface area contributed by atoms with Crippen molar-refractivity contribution in [1.82, 2.24) is 9.62 Å². The lowest BCUT2D eigenvalue weighted by Crippen LogP contribution is -2.41. The molecule has 9 nitrogen and oxygen atoms in total. The van der Waals surface area contributed by atoms with Crippen LogP contribution in [0.25, 0.3) is 0 Å². The Morgan fingerprint density at radius 3 is 2.58 bits per heavy atom. The molecule has 2 heterocycles. The van der Waals surface area contributed by atoms with Gasteiger partial charge in [0.25, 0.3) is 0 Å². The molecule has 2 aliphatic heterocycles. The highest BCUT2D eigenvalue weighted by Gasteiger charge is 2.36. The van der Waals surface area contributed by atoms with Crippen molar-refractivity contribution in [1.29, 1.82) is 0 Å². The summed E-state index contributed by atoms with van der Waals surface area (Å²) in [7, 11) is -2.16. The fourth-order valence-corrected chi connectivity index (χ4v) is 5.75. The minimum atomic E-state index is -3.70. The number of carbonyl (C=O) groups is 2. The Kier molecular flexibility index (Phi) is 6.96. The number of para-hydroxylation sites is 2. The number of rotatable bonds is 7. The lowest BCUT2D eigenvalue weighted by Gasteiger charge is -2.27. The first-order chi connectivity index (χ1) is 15.9. The van der Waals surface area contributed by atoms with Gasteiger partial charge in [-0.3, -0.25) is 9.59 Å². The summed E-state index contributed by atoms with van der Waals surface area (Å²) in [5.74, 6) is -0.422. The predicted octanol–water partition coefficient (Wildman–Crippen LogP) is 1.39. The molecular weight excluding hydrogens is 446 g/mol. The van der Waals surface area contributed by atoms with E-state index in [0.29, 0.717) is 43.3 Å². The second-order valence-corrected chi connectivity index (χ2v) is 9.83. The molecule has 1 N–H and O–H groups in total. The molecule has 0 unspecified atom stereocenters. The van der Waals surface area contributed by atoms with Crippen LogP contribution in [0, 0.1) is 5.92 Å².